The Balaban J connectivity index is 1.16. The zero-order valence-corrected chi connectivity index (χ0v) is 21.7. The van der Waals surface area contributed by atoms with Crippen molar-refractivity contribution in [3.05, 3.63) is 48.0 Å². The number of para-hydroxylation sites is 1. The van der Waals surface area contributed by atoms with Crippen LogP contribution in [0.3, 0.4) is 0 Å². The van der Waals surface area contributed by atoms with Gasteiger partial charge in [0.05, 0.1) is 23.9 Å². The predicted octanol–water partition coefficient (Wildman–Crippen LogP) is 4.58. The number of amides is 2. The standard InChI is InChI=1S/C28H31N3O5S/c1-34-22-11-10-19(13-23(22)36-27-7-4-12-35-27)20-14-25(32)30(16-20)17-26(33)31(15-18-8-9-18)28-29-21-5-2-3-6-24(21)37-28/h2-3,5-6,10-11,13,18,20,27H,4,7-9,12,14-17H2,1H3/t20-,27?/m1/s1. The largest absolute Gasteiger partial charge is 0.493 e. The second-order valence-electron chi connectivity index (χ2n) is 10.1. The molecule has 0 radical (unpaired) electrons. The normalized spacial score (nSPS) is 21.5. The van der Waals surface area contributed by atoms with E-state index in [1.165, 1.54) is 11.3 Å². The molecule has 2 atom stereocenters. The van der Waals surface area contributed by atoms with Gasteiger partial charge in [0.1, 0.15) is 6.54 Å². The average Bonchev–Trinajstić information content (AvgIpc) is 3.25. The van der Waals surface area contributed by atoms with E-state index < -0.39 is 0 Å². The van der Waals surface area contributed by atoms with Crippen LogP contribution in [-0.2, 0) is 14.3 Å². The number of ether oxygens (including phenoxy) is 3. The number of hydrogen-bond acceptors (Lipinski definition) is 7. The van der Waals surface area contributed by atoms with Gasteiger partial charge in [0, 0.05) is 31.8 Å². The van der Waals surface area contributed by atoms with E-state index in [1.54, 1.807) is 16.9 Å². The summed E-state index contributed by atoms with van der Waals surface area (Å²) in [6.07, 6.45) is 4.17. The molecule has 6 rings (SSSR count). The molecule has 9 heteroatoms. The first kappa shape index (κ1) is 24.2. The van der Waals surface area contributed by atoms with Gasteiger partial charge in [-0.2, -0.15) is 0 Å². The highest BCUT2D eigenvalue weighted by Gasteiger charge is 2.35. The molecular weight excluding hydrogens is 490 g/mol. The van der Waals surface area contributed by atoms with Crippen molar-refractivity contribution >= 4 is 38.5 Å². The van der Waals surface area contributed by atoms with Crippen LogP contribution in [0.15, 0.2) is 42.5 Å². The first-order valence-corrected chi connectivity index (χ1v) is 13.8. The van der Waals surface area contributed by atoms with Crippen molar-refractivity contribution in [3.8, 4) is 11.5 Å². The number of hydrogen-bond donors (Lipinski definition) is 0. The average molecular weight is 522 g/mol. The topological polar surface area (TPSA) is 81.2 Å². The number of aromatic nitrogens is 1. The number of methoxy groups -OCH3 is 1. The van der Waals surface area contributed by atoms with E-state index in [0.29, 0.717) is 48.7 Å². The van der Waals surface area contributed by atoms with Gasteiger partial charge in [0.25, 0.3) is 0 Å². The summed E-state index contributed by atoms with van der Waals surface area (Å²) in [6, 6.07) is 13.7. The molecule has 2 aliphatic heterocycles. The van der Waals surface area contributed by atoms with Crippen molar-refractivity contribution < 1.29 is 23.8 Å². The number of fused-ring (bicyclic) bond motifs is 1. The van der Waals surface area contributed by atoms with Crippen LogP contribution >= 0.6 is 11.3 Å². The van der Waals surface area contributed by atoms with Gasteiger partial charge in [0.15, 0.2) is 22.9 Å². The number of carbonyl (C=O) groups is 2. The van der Waals surface area contributed by atoms with Gasteiger partial charge >= 0.3 is 0 Å². The Morgan fingerprint density at radius 2 is 2.05 bits per heavy atom. The Morgan fingerprint density at radius 1 is 1.19 bits per heavy atom. The van der Waals surface area contributed by atoms with Crippen molar-refractivity contribution in [3.63, 3.8) is 0 Å². The zero-order valence-electron chi connectivity index (χ0n) is 20.9. The fraction of sp³-hybridized carbons (Fsp3) is 0.464. The Labute approximate surface area is 220 Å². The van der Waals surface area contributed by atoms with Crippen LogP contribution in [0.1, 0.15) is 43.6 Å². The summed E-state index contributed by atoms with van der Waals surface area (Å²) < 4.78 is 18.2. The van der Waals surface area contributed by atoms with E-state index in [4.69, 9.17) is 19.2 Å². The van der Waals surface area contributed by atoms with Crippen LogP contribution in [0.5, 0.6) is 11.5 Å². The maximum Gasteiger partial charge on any atom is 0.248 e. The molecule has 1 aromatic heterocycles. The number of likely N-dealkylation sites (tertiary alicyclic amines) is 1. The summed E-state index contributed by atoms with van der Waals surface area (Å²) in [7, 11) is 1.61. The third-order valence-corrected chi connectivity index (χ3v) is 8.36. The number of nitrogens with zero attached hydrogens (tertiary/aromatic N) is 3. The van der Waals surface area contributed by atoms with Crippen LogP contribution in [0.4, 0.5) is 5.13 Å². The Morgan fingerprint density at radius 3 is 2.81 bits per heavy atom. The minimum Gasteiger partial charge on any atom is -0.493 e. The lowest BCUT2D eigenvalue weighted by Crippen LogP contribution is -2.42. The summed E-state index contributed by atoms with van der Waals surface area (Å²) >= 11 is 1.53. The van der Waals surface area contributed by atoms with E-state index in [0.717, 1.165) is 41.5 Å². The molecule has 194 valence electrons. The molecule has 3 heterocycles. The second-order valence-corrected chi connectivity index (χ2v) is 11.1. The predicted molar refractivity (Wildman–Crippen MR) is 141 cm³/mol. The molecule has 0 bridgehead atoms. The Bertz CT molecular complexity index is 1270. The summed E-state index contributed by atoms with van der Waals surface area (Å²) in [5.41, 5.74) is 1.90. The van der Waals surface area contributed by atoms with E-state index in [1.807, 2.05) is 42.5 Å². The molecule has 3 fully saturated rings. The maximum absolute atomic E-state index is 13.5. The fourth-order valence-corrected chi connectivity index (χ4v) is 6.03. The molecule has 1 saturated carbocycles. The lowest BCUT2D eigenvalue weighted by Gasteiger charge is -2.23. The lowest BCUT2D eigenvalue weighted by atomic mass is 9.98. The molecule has 8 nitrogen and oxygen atoms in total. The molecule has 3 aliphatic rings. The molecule has 0 N–H and O–H groups in total. The highest BCUT2D eigenvalue weighted by atomic mass is 32.1. The van der Waals surface area contributed by atoms with Crippen LogP contribution < -0.4 is 14.4 Å². The lowest BCUT2D eigenvalue weighted by molar-refractivity contribution is -0.132. The van der Waals surface area contributed by atoms with Crippen LogP contribution in [0.2, 0.25) is 0 Å². The first-order valence-electron chi connectivity index (χ1n) is 13.0. The molecule has 1 unspecified atom stereocenters. The van der Waals surface area contributed by atoms with E-state index in [-0.39, 0.29) is 30.6 Å². The quantitative estimate of drug-likeness (QED) is 0.410. The highest BCUT2D eigenvalue weighted by Crippen LogP contribution is 2.37. The smallest absolute Gasteiger partial charge is 0.248 e. The number of rotatable bonds is 9. The number of thiazole rings is 1. The molecule has 2 amide bonds. The Kier molecular flexibility index (Phi) is 6.73. The first-order chi connectivity index (χ1) is 18.1. The minimum atomic E-state index is -0.275. The molecule has 1 aliphatic carbocycles. The van der Waals surface area contributed by atoms with Crippen LogP contribution in [-0.4, -0.2) is 61.3 Å². The van der Waals surface area contributed by atoms with Gasteiger partial charge in [-0.05, 0) is 55.0 Å². The van der Waals surface area contributed by atoms with E-state index in [2.05, 4.69) is 0 Å². The van der Waals surface area contributed by atoms with Gasteiger partial charge in [-0.3, -0.25) is 14.5 Å². The molecule has 2 saturated heterocycles. The van der Waals surface area contributed by atoms with Gasteiger partial charge in [-0.1, -0.05) is 29.5 Å². The van der Waals surface area contributed by atoms with Crippen molar-refractivity contribution in [2.75, 3.05) is 38.3 Å². The fourth-order valence-electron chi connectivity index (χ4n) is 5.04. The third-order valence-electron chi connectivity index (χ3n) is 7.30. The number of carbonyl (C=O) groups excluding carboxylic acids is 2. The van der Waals surface area contributed by atoms with Gasteiger partial charge < -0.3 is 19.1 Å². The SMILES string of the molecule is COc1ccc([C@@H]2CC(=O)N(CC(=O)N(CC3CC3)c3nc4ccccc4s3)C2)cc1OC1CCCO1. The molecule has 2 aromatic carbocycles. The number of benzene rings is 2. The van der Waals surface area contributed by atoms with Crippen molar-refractivity contribution in [1.82, 2.24) is 9.88 Å². The van der Waals surface area contributed by atoms with Gasteiger partial charge in [-0.25, -0.2) is 4.98 Å². The zero-order chi connectivity index (χ0) is 25.4. The summed E-state index contributed by atoms with van der Waals surface area (Å²) in [5, 5.41) is 0.715. The molecule has 3 aromatic rings. The third kappa shape index (κ3) is 5.29. The summed E-state index contributed by atoms with van der Waals surface area (Å²) in [4.78, 5) is 34.7. The molecule has 37 heavy (non-hydrogen) atoms. The van der Waals surface area contributed by atoms with Crippen LogP contribution in [0.25, 0.3) is 10.2 Å². The highest BCUT2D eigenvalue weighted by molar-refractivity contribution is 7.22. The van der Waals surface area contributed by atoms with Gasteiger partial charge in [-0.15, -0.1) is 0 Å². The minimum absolute atomic E-state index is 0.00793. The second kappa shape index (κ2) is 10.3. The molecular formula is C28H31N3O5S. The summed E-state index contributed by atoms with van der Waals surface area (Å²) in [6.45, 7) is 1.91. The van der Waals surface area contributed by atoms with Crippen molar-refractivity contribution in [2.24, 2.45) is 5.92 Å². The number of anilines is 1. The van der Waals surface area contributed by atoms with E-state index >= 15 is 0 Å². The Hall–Kier alpha value is -3.17. The van der Waals surface area contributed by atoms with Crippen LogP contribution in [0, 0.1) is 5.92 Å². The monoisotopic (exact) mass is 521 g/mol. The van der Waals surface area contributed by atoms with Crippen molar-refractivity contribution in [2.45, 2.75) is 44.3 Å². The summed E-state index contributed by atoms with van der Waals surface area (Å²) in [5.74, 6) is 1.68. The molecule has 0 spiro atoms. The van der Waals surface area contributed by atoms with Crippen molar-refractivity contribution in [1.29, 1.82) is 0 Å². The van der Waals surface area contributed by atoms with E-state index in [9.17, 15) is 9.59 Å². The van der Waals surface area contributed by atoms with Gasteiger partial charge in [0.2, 0.25) is 11.8 Å². The maximum atomic E-state index is 13.5.